The molecule has 0 fully saturated rings. The number of hydrogen-bond donors (Lipinski definition) is 2. The van der Waals surface area contributed by atoms with Crippen LogP contribution in [0.4, 0.5) is 4.39 Å². The molecule has 0 aliphatic heterocycles. The topological polar surface area (TPSA) is 55.1 Å². The quantitative estimate of drug-likeness (QED) is 0.795. The number of hydrogen-bond acceptors (Lipinski definition) is 2. The molecule has 1 amide bonds. The molecule has 3 N–H and O–H groups in total. The largest absolute Gasteiger partial charge is 0.370 e. The van der Waals surface area contributed by atoms with Gasteiger partial charge in [0.15, 0.2) is 0 Å². The number of primary amides is 1. The van der Waals surface area contributed by atoms with Crippen LogP contribution < -0.4 is 11.1 Å². The van der Waals surface area contributed by atoms with Crippen molar-refractivity contribution in [2.75, 3.05) is 6.54 Å². The first-order valence-corrected chi connectivity index (χ1v) is 5.77. The normalized spacial score (nSPS) is 14.3. The second-order valence-corrected chi connectivity index (χ2v) is 4.41. The van der Waals surface area contributed by atoms with Crippen LogP contribution in [0.5, 0.6) is 0 Å². The fourth-order valence-corrected chi connectivity index (χ4v) is 1.83. The molecule has 0 spiro atoms. The molecule has 0 bridgehead atoms. The van der Waals surface area contributed by atoms with Crippen LogP contribution in [0.2, 0.25) is 0 Å². The molecule has 1 atom stereocenters. The lowest BCUT2D eigenvalue weighted by molar-refractivity contribution is -0.119. The summed E-state index contributed by atoms with van der Waals surface area (Å²) in [7, 11) is 0. The SMILES string of the molecule is CCCNC(C)(CC(N)=O)c1ccc(F)cc1. The van der Waals surface area contributed by atoms with E-state index >= 15 is 0 Å². The molecule has 1 aromatic rings. The molecule has 17 heavy (non-hydrogen) atoms. The Morgan fingerprint density at radius 2 is 2.00 bits per heavy atom. The Hall–Kier alpha value is -1.42. The molecule has 1 rings (SSSR count). The van der Waals surface area contributed by atoms with E-state index in [1.54, 1.807) is 12.1 Å². The van der Waals surface area contributed by atoms with Crippen molar-refractivity contribution >= 4 is 5.91 Å². The first-order chi connectivity index (χ1) is 7.98. The van der Waals surface area contributed by atoms with Crippen molar-refractivity contribution in [1.82, 2.24) is 5.32 Å². The standard InChI is InChI=1S/C13H19FN2O/c1-3-8-16-13(2,9-12(15)17)10-4-6-11(14)7-5-10/h4-7,16H,3,8-9H2,1-2H3,(H2,15,17). The summed E-state index contributed by atoms with van der Waals surface area (Å²) in [5.41, 5.74) is 5.60. The number of carbonyl (C=O) groups is 1. The van der Waals surface area contributed by atoms with Gasteiger partial charge in [0.2, 0.25) is 5.91 Å². The van der Waals surface area contributed by atoms with E-state index in [9.17, 15) is 9.18 Å². The molecule has 94 valence electrons. The Kier molecular flexibility index (Phi) is 4.63. The molecule has 1 aromatic carbocycles. The van der Waals surface area contributed by atoms with Gasteiger partial charge in [0.25, 0.3) is 0 Å². The van der Waals surface area contributed by atoms with Gasteiger partial charge in [-0.3, -0.25) is 4.79 Å². The van der Waals surface area contributed by atoms with E-state index in [-0.39, 0.29) is 18.1 Å². The van der Waals surface area contributed by atoms with E-state index in [0.717, 1.165) is 18.5 Å². The van der Waals surface area contributed by atoms with Gasteiger partial charge in [-0.2, -0.15) is 0 Å². The highest BCUT2D eigenvalue weighted by Crippen LogP contribution is 2.24. The Morgan fingerprint density at radius 1 is 1.41 bits per heavy atom. The van der Waals surface area contributed by atoms with Crippen molar-refractivity contribution in [2.24, 2.45) is 5.73 Å². The summed E-state index contributed by atoms with van der Waals surface area (Å²) in [5, 5.41) is 3.29. The Labute approximate surface area is 101 Å². The predicted molar refractivity (Wildman–Crippen MR) is 65.9 cm³/mol. The van der Waals surface area contributed by atoms with Crippen LogP contribution in [-0.2, 0) is 10.3 Å². The summed E-state index contributed by atoms with van der Waals surface area (Å²) in [4.78, 5) is 11.1. The molecule has 0 saturated carbocycles. The average Bonchev–Trinajstić information content (AvgIpc) is 2.26. The third-order valence-corrected chi connectivity index (χ3v) is 2.77. The average molecular weight is 238 g/mol. The summed E-state index contributed by atoms with van der Waals surface area (Å²) in [6.07, 6.45) is 1.15. The molecule has 0 aliphatic carbocycles. The van der Waals surface area contributed by atoms with Gasteiger partial charge in [0.1, 0.15) is 5.82 Å². The first kappa shape index (κ1) is 13.6. The number of nitrogens with one attached hydrogen (secondary N) is 1. The van der Waals surface area contributed by atoms with E-state index in [1.807, 2.05) is 13.8 Å². The van der Waals surface area contributed by atoms with E-state index in [2.05, 4.69) is 5.32 Å². The van der Waals surface area contributed by atoms with Gasteiger partial charge in [-0.25, -0.2) is 4.39 Å². The zero-order chi connectivity index (χ0) is 12.9. The summed E-state index contributed by atoms with van der Waals surface area (Å²) in [5.74, 6) is -0.661. The molecule has 0 aromatic heterocycles. The predicted octanol–water partition coefficient (Wildman–Crippen LogP) is 1.92. The monoisotopic (exact) mass is 238 g/mol. The van der Waals surface area contributed by atoms with Gasteiger partial charge >= 0.3 is 0 Å². The smallest absolute Gasteiger partial charge is 0.219 e. The van der Waals surface area contributed by atoms with Crippen molar-refractivity contribution in [3.8, 4) is 0 Å². The van der Waals surface area contributed by atoms with Crippen LogP contribution in [0.3, 0.4) is 0 Å². The first-order valence-electron chi connectivity index (χ1n) is 5.77. The molecule has 0 saturated heterocycles. The fraction of sp³-hybridized carbons (Fsp3) is 0.462. The number of amides is 1. The van der Waals surface area contributed by atoms with Gasteiger partial charge in [-0.05, 0) is 37.6 Å². The van der Waals surface area contributed by atoms with Crippen molar-refractivity contribution < 1.29 is 9.18 Å². The maximum absolute atomic E-state index is 12.9. The number of benzene rings is 1. The highest BCUT2D eigenvalue weighted by Gasteiger charge is 2.27. The lowest BCUT2D eigenvalue weighted by Gasteiger charge is -2.30. The summed E-state index contributed by atoms with van der Waals surface area (Å²) in [6.45, 7) is 4.73. The zero-order valence-corrected chi connectivity index (χ0v) is 10.3. The van der Waals surface area contributed by atoms with E-state index in [0.29, 0.717) is 0 Å². The van der Waals surface area contributed by atoms with Crippen LogP contribution in [0, 0.1) is 5.82 Å². The van der Waals surface area contributed by atoms with Crippen LogP contribution in [0.1, 0.15) is 32.3 Å². The van der Waals surface area contributed by atoms with Crippen LogP contribution >= 0.6 is 0 Å². The number of carbonyl (C=O) groups excluding carboxylic acids is 1. The fourth-order valence-electron chi connectivity index (χ4n) is 1.83. The molecule has 0 heterocycles. The molecule has 1 unspecified atom stereocenters. The second-order valence-electron chi connectivity index (χ2n) is 4.41. The molecular formula is C13H19FN2O. The lowest BCUT2D eigenvalue weighted by Crippen LogP contribution is -2.43. The van der Waals surface area contributed by atoms with Gasteiger partial charge in [0.05, 0.1) is 0 Å². The number of rotatable bonds is 6. The van der Waals surface area contributed by atoms with Gasteiger partial charge in [0, 0.05) is 12.0 Å². The molecule has 3 nitrogen and oxygen atoms in total. The molecule has 0 aliphatic rings. The highest BCUT2D eigenvalue weighted by atomic mass is 19.1. The Balaban J connectivity index is 2.95. The van der Waals surface area contributed by atoms with Crippen LogP contribution in [0.25, 0.3) is 0 Å². The highest BCUT2D eigenvalue weighted by molar-refractivity contribution is 5.75. The van der Waals surface area contributed by atoms with Crippen molar-refractivity contribution in [3.63, 3.8) is 0 Å². The maximum Gasteiger partial charge on any atom is 0.219 e. The summed E-state index contributed by atoms with van der Waals surface area (Å²) < 4.78 is 12.9. The van der Waals surface area contributed by atoms with Crippen molar-refractivity contribution in [2.45, 2.75) is 32.2 Å². The molecular weight excluding hydrogens is 219 g/mol. The number of nitrogens with two attached hydrogens (primary N) is 1. The van der Waals surface area contributed by atoms with Crippen molar-refractivity contribution in [3.05, 3.63) is 35.6 Å². The van der Waals surface area contributed by atoms with E-state index < -0.39 is 5.54 Å². The minimum absolute atomic E-state index is 0.193. The van der Waals surface area contributed by atoms with Gasteiger partial charge in [-0.15, -0.1) is 0 Å². The summed E-state index contributed by atoms with van der Waals surface area (Å²) in [6, 6.07) is 6.15. The Bertz CT molecular complexity index is 378. The minimum Gasteiger partial charge on any atom is -0.370 e. The van der Waals surface area contributed by atoms with E-state index in [4.69, 9.17) is 5.73 Å². The second kappa shape index (κ2) is 5.77. The third kappa shape index (κ3) is 3.82. The molecule has 0 radical (unpaired) electrons. The van der Waals surface area contributed by atoms with Crippen molar-refractivity contribution in [1.29, 1.82) is 0 Å². The van der Waals surface area contributed by atoms with Crippen LogP contribution in [0.15, 0.2) is 24.3 Å². The zero-order valence-electron chi connectivity index (χ0n) is 10.3. The Morgan fingerprint density at radius 3 is 2.47 bits per heavy atom. The minimum atomic E-state index is -0.532. The van der Waals surface area contributed by atoms with Crippen LogP contribution in [-0.4, -0.2) is 12.5 Å². The number of halogens is 1. The van der Waals surface area contributed by atoms with E-state index in [1.165, 1.54) is 12.1 Å². The summed E-state index contributed by atoms with van der Waals surface area (Å²) >= 11 is 0. The maximum atomic E-state index is 12.9. The van der Waals surface area contributed by atoms with Gasteiger partial charge < -0.3 is 11.1 Å². The van der Waals surface area contributed by atoms with Gasteiger partial charge in [-0.1, -0.05) is 19.1 Å². The lowest BCUT2D eigenvalue weighted by atomic mass is 9.88. The molecule has 4 heteroatoms. The third-order valence-electron chi connectivity index (χ3n) is 2.77.